The van der Waals surface area contributed by atoms with Crippen molar-refractivity contribution in [3.8, 4) is 6.07 Å². The molecule has 0 aliphatic carbocycles. The Morgan fingerprint density at radius 1 is 1.16 bits per heavy atom. The van der Waals surface area contributed by atoms with E-state index in [2.05, 4.69) is 20.6 Å². The van der Waals surface area contributed by atoms with E-state index < -0.39 is 16.0 Å². The molecule has 8 nitrogen and oxygen atoms in total. The second kappa shape index (κ2) is 9.81. The summed E-state index contributed by atoms with van der Waals surface area (Å²) in [5, 5.41) is 18.4. The van der Waals surface area contributed by atoms with Crippen LogP contribution in [0.3, 0.4) is 0 Å². The second-order valence-corrected chi connectivity index (χ2v) is 8.99. The summed E-state index contributed by atoms with van der Waals surface area (Å²) in [6.45, 7) is 5.58. The fourth-order valence-corrected chi connectivity index (χ4v) is 5.08. The highest BCUT2D eigenvalue weighted by Crippen LogP contribution is 2.27. The van der Waals surface area contributed by atoms with Crippen LogP contribution in [0, 0.1) is 11.3 Å². The van der Waals surface area contributed by atoms with Gasteiger partial charge in [-0.2, -0.15) is 5.26 Å². The minimum absolute atomic E-state index is 0.0369. The summed E-state index contributed by atoms with van der Waals surface area (Å²) in [6, 6.07) is 13.6. The van der Waals surface area contributed by atoms with Crippen LogP contribution < -0.4 is 9.62 Å². The Bertz CT molecular complexity index is 1090. The maximum absolute atomic E-state index is 12.9. The summed E-state index contributed by atoms with van der Waals surface area (Å²) >= 11 is 0. The molecule has 0 spiro atoms. The highest BCUT2D eigenvalue weighted by atomic mass is 32.2. The quantitative estimate of drug-likeness (QED) is 0.646. The van der Waals surface area contributed by atoms with Crippen LogP contribution in [0.1, 0.15) is 29.3 Å². The number of piperazine rings is 1. The first-order chi connectivity index (χ1) is 14.9. The molecular formula is C22H26N4O4S. The maximum Gasteiger partial charge on any atom is 0.337 e. The van der Waals surface area contributed by atoms with Crippen molar-refractivity contribution in [2.75, 3.05) is 42.3 Å². The van der Waals surface area contributed by atoms with E-state index in [1.54, 1.807) is 24.3 Å². The van der Waals surface area contributed by atoms with Gasteiger partial charge in [-0.1, -0.05) is 25.1 Å². The minimum atomic E-state index is -3.93. The lowest BCUT2D eigenvalue weighted by Crippen LogP contribution is -2.46. The molecule has 1 saturated heterocycles. The van der Waals surface area contributed by atoms with E-state index >= 15 is 0 Å². The summed E-state index contributed by atoms with van der Waals surface area (Å²) < 4.78 is 28.3. The van der Waals surface area contributed by atoms with Gasteiger partial charge in [0.1, 0.15) is 0 Å². The van der Waals surface area contributed by atoms with Crippen molar-refractivity contribution in [2.24, 2.45) is 0 Å². The number of hydrogen-bond donors (Lipinski definition) is 2. The lowest BCUT2D eigenvalue weighted by molar-refractivity contribution is 0.0698. The summed E-state index contributed by atoms with van der Waals surface area (Å²) in [7, 11) is -3.93. The number of aryl methyl sites for hydroxylation is 1. The van der Waals surface area contributed by atoms with Crippen molar-refractivity contribution in [2.45, 2.75) is 24.7 Å². The zero-order chi connectivity index (χ0) is 22.4. The molecule has 0 atom stereocenters. The molecule has 0 bridgehead atoms. The van der Waals surface area contributed by atoms with Gasteiger partial charge in [0, 0.05) is 44.8 Å². The molecule has 2 N–H and O–H groups in total. The number of sulfonamides is 1. The van der Waals surface area contributed by atoms with Gasteiger partial charge in [-0.3, -0.25) is 9.62 Å². The number of nitrogens with zero attached hydrogens (tertiary/aromatic N) is 3. The maximum atomic E-state index is 12.9. The molecule has 0 saturated carbocycles. The van der Waals surface area contributed by atoms with E-state index in [4.69, 9.17) is 5.26 Å². The number of hydrogen-bond acceptors (Lipinski definition) is 6. The van der Waals surface area contributed by atoms with Gasteiger partial charge in [0.05, 0.1) is 22.2 Å². The van der Waals surface area contributed by atoms with E-state index in [9.17, 15) is 18.3 Å². The first-order valence-electron chi connectivity index (χ1n) is 10.2. The molecule has 3 rings (SSSR count). The van der Waals surface area contributed by atoms with E-state index in [1.165, 1.54) is 18.2 Å². The smallest absolute Gasteiger partial charge is 0.337 e. The van der Waals surface area contributed by atoms with Gasteiger partial charge in [-0.25, -0.2) is 13.2 Å². The number of aromatic carboxylic acids is 1. The van der Waals surface area contributed by atoms with Crippen LogP contribution in [0.5, 0.6) is 0 Å². The highest BCUT2D eigenvalue weighted by Gasteiger charge is 2.23. The number of benzene rings is 2. The van der Waals surface area contributed by atoms with Crippen LogP contribution in [0.2, 0.25) is 0 Å². The molecule has 1 fully saturated rings. The Kier molecular flexibility index (Phi) is 7.15. The predicted molar refractivity (Wildman–Crippen MR) is 119 cm³/mol. The van der Waals surface area contributed by atoms with Gasteiger partial charge >= 0.3 is 5.97 Å². The fourth-order valence-electron chi connectivity index (χ4n) is 3.69. The molecule has 164 valence electrons. The Morgan fingerprint density at radius 3 is 2.52 bits per heavy atom. The number of anilines is 2. The average Bonchev–Trinajstić information content (AvgIpc) is 2.78. The molecule has 0 amide bonds. The van der Waals surface area contributed by atoms with E-state index in [0.717, 1.165) is 25.3 Å². The molecular weight excluding hydrogens is 416 g/mol. The van der Waals surface area contributed by atoms with Gasteiger partial charge in [0.25, 0.3) is 10.0 Å². The first kappa shape index (κ1) is 22.6. The topological polar surface area (TPSA) is 114 Å². The molecule has 0 radical (unpaired) electrons. The Morgan fingerprint density at radius 2 is 1.87 bits per heavy atom. The van der Waals surface area contributed by atoms with Gasteiger partial charge in [0.15, 0.2) is 0 Å². The third kappa shape index (κ3) is 5.34. The minimum Gasteiger partial charge on any atom is -0.478 e. The zero-order valence-electron chi connectivity index (χ0n) is 17.4. The van der Waals surface area contributed by atoms with Crippen LogP contribution in [0.15, 0.2) is 47.4 Å². The molecule has 9 heteroatoms. The van der Waals surface area contributed by atoms with Gasteiger partial charge in [-0.15, -0.1) is 0 Å². The van der Waals surface area contributed by atoms with E-state index in [-0.39, 0.29) is 16.1 Å². The van der Waals surface area contributed by atoms with Crippen molar-refractivity contribution in [1.82, 2.24) is 4.90 Å². The van der Waals surface area contributed by atoms with Gasteiger partial charge in [-0.05, 0) is 36.2 Å². The fraction of sp³-hybridized carbons (Fsp3) is 0.364. The van der Waals surface area contributed by atoms with Crippen LogP contribution >= 0.6 is 0 Å². The lowest BCUT2D eigenvalue weighted by Gasteiger charge is -2.36. The van der Waals surface area contributed by atoms with E-state index in [1.807, 2.05) is 6.92 Å². The van der Waals surface area contributed by atoms with Gasteiger partial charge in [0.2, 0.25) is 0 Å². The Hall–Kier alpha value is -3.09. The second-order valence-electron chi connectivity index (χ2n) is 7.34. The molecule has 0 unspecified atom stereocenters. The summed E-state index contributed by atoms with van der Waals surface area (Å²) in [5.74, 6) is -1.20. The molecule has 31 heavy (non-hydrogen) atoms. The predicted octanol–water partition coefficient (Wildman–Crippen LogP) is 2.78. The van der Waals surface area contributed by atoms with Crippen molar-refractivity contribution in [3.05, 3.63) is 53.6 Å². The Balaban J connectivity index is 1.82. The number of carboxylic acid groups (broad SMARTS) is 1. The Labute approximate surface area is 182 Å². The third-order valence-corrected chi connectivity index (χ3v) is 6.86. The highest BCUT2D eigenvalue weighted by molar-refractivity contribution is 7.92. The van der Waals surface area contributed by atoms with Crippen LogP contribution in [-0.2, 0) is 16.4 Å². The van der Waals surface area contributed by atoms with Crippen molar-refractivity contribution < 1.29 is 18.3 Å². The van der Waals surface area contributed by atoms with Crippen LogP contribution in [0.4, 0.5) is 11.4 Å². The number of carbonyl (C=O) groups is 1. The summed E-state index contributed by atoms with van der Waals surface area (Å²) in [6.07, 6.45) is 1.03. The number of carboxylic acids is 1. The van der Waals surface area contributed by atoms with Crippen LogP contribution in [0.25, 0.3) is 0 Å². The summed E-state index contributed by atoms with van der Waals surface area (Å²) in [5.41, 5.74) is 1.34. The third-order valence-electron chi connectivity index (χ3n) is 5.40. The largest absolute Gasteiger partial charge is 0.478 e. The number of nitrogens with one attached hydrogen (secondary N) is 1. The van der Waals surface area contributed by atoms with E-state index in [0.29, 0.717) is 31.5 Å². The first-order valence-corrected chi connectivity index (χ1v) is 11.7. The number of rotatable bonds is 8. The number of nitriles is 1. The average molecular weight is 443 g/mol. The molecule has 1 aliphatic rings. The van der Waals surface area contributed by atoms with Crippen molar-refractivity contribution in [3.63, 3.8) is 0 Å². The molecule has 2 aromatic rings. The molecule has 0 aromatic heterocycles. The molecule has 2 aromatic carbocycles. The molecule has 1 heterocycles. The molecule has 1 aliphatic heterocycles. The lowest BCUT2D eigenvalue weighted by atomic mass is 10.1. The van der Waals surface area contributed by atoms with Crippen LogP contribution in [-0.4, -0.2) is 57.1 Å². The normalized spacial score (nSPS) is 14.8. The summed E-state index contributed by atoms with van der Waals surface area (Å²) in [4.78, 5) is 16.3. The monoisotopic (exact) mass is 442 g/mol. The SMILES string of the molecule is CCc1ccccc1S(=O)(=O)Nc1ccc(N2CCN(CCC#N)CC2)cc1C(=O)O. The zero-order valence-corrected chi connectivity index (χ0v) is 18.2. The van der Waals surface area contributed by atoms with Crippen molar-refractivity contribution >= 4 is 27.4 Å². The standard InChI is InChI=1S/C22H26N4O4S/c1-2-17-6-3-4-7-21(17)31(29,30)24-20-9-8-18(16-19(20)22(27)28)26-14-12-25(13-15-26)11-5-10-23/h3-4,6-9,16,24H,2,5,11-15H2,1H3,(H,27,28). The van der Waals surface area contributed by atoms with Crippen molar-refractivity contribution in [1.29, 1.82) is 5.26 Å². The van der Waals surface area contributed by atoms with Gasteiger partial charge < -0.3 is 10.0 Å².